The van der Waals surface area contributed by atoms with E-state index in [0.29, 0.717) is 54.5 Å². The van der Waals surface area contributed by atoms with Gasteiger partial charge in [0.05, 0.1) is 49.5 Å². The molecule has 19 heteroatoms. The molecule has 6 heterocycles. The van der Waals surface area contributed by atoms with Crippen molar-refractivity contribution in [2.45, 2.75) is 59.5 Å². The van der Waals surface area contributed by atoms with Crippen molar-refractivity contribution in [2.75, 3.05) is 33.4 Å². The van der Waals surface area contributed by atoms with Crippen molar-refractivity contribution in [1.82, 2.24) is 40.2 Å². The Kier molecular flexibility index (Phi) is 12.5. The number of carbonyl (C=O) groups excluding carboxylic acids is 3. The van der Waals surface area contributed by atoms with Crippen LogP contribution in [0.25, 0.3) is 10.0 Å². The number of nitrogens with zero attached hydrogens (tertiary/aromatic N) is 8. The van der Waals surface area contributed by atoms with Crippen molar-refractivity contribution in [3.05, 3.63) is 125 Å². The van der Waals surface area contributed by atoms with Gasteiger partial charge in [0.15, 0.2) is 11.6 Å². The molecular weight excluding hydrogens is 872 g/mol. The average molecular weight is 914 g/mol. The van der Waals surface area contributed by atoms with Crippen molar-refractivity contribution in [3.63, 3.8) is 0 Å². The van der Waals surface area contributed by atoms with Gasteiger partial charge in [-0.3, -0.25) is 33.5 Å². The summed E-state index contributed by atoms with van der Waals surface area (Å²) in [6, 6.07) is 13.5. The zero-order valence-corrected chi connectivity index (χ0v) is 37.9. The second-order valence-corrected chi connectivity index (χ2v) is 17.9. The Bertz CT molecular complexity index is 2770. The summed E-state index contributed by atoms with van der Waals surface area (Å²) in [6.45, 7) is 10.7. The lowest BCUT2D eigenvalue weighted by Gasteiger charge is -2.13. The van der Waals surface area contributed by atoms with E-state index in [0.717, 1.165) is 43.4 Å². The Balaban J connectivity index is 0.911. The van der Waals surface area contributed by atoms with Crippen LogP contribution >= 0.6 is 45.9 Å². The highest BCUT2D eigenvalue weighted by atomic mass is 35.5. The molecule has 0 saturated heterocycles. The van der Waals surface area contributed by atoms with E-state index in [1.807, 2.05) is 66.3 Å². The average Bonchev–Trinajstić information content (AvgIpc) is 3.96. The number of thiophene rings is 2. The monoisotopic (exact) mass is 912 g/mol. The molecule has 15 nitrogen and oxygen atoms in total. The number of benzene rings is 2. The van der Waals surface area contributed by atoms with Crippen molar-refractivity contribution in [2.24, 2.45) is 9.98 Å². The third-order valence-electron chi connectivity index (χ3n) is 10.7. The molecule has 8 rings (SSSR count). The van der Waals surface area contributed by atoms with Gasteiger partial charge in [0.2, 0.25) is 5.91 Å². The van der Waals surface area contributed by atoms with Gasteiger partial charge >= 0.3 is 5.97 Å². The molecule has 6 aromatic rings. The standard InChI is InChI=1S/C43H42Cl2N10O5S2/c1-21-23(3)61-42-34(21)36(26-7-11-28(44)12-8-26)48-30(39-52-50-24(4)54(39)42)19-32(56)46-15-17-60-18-16-47-41(58)38-22(2)35-37(27-9-13-29(45)14-10-27)49-31(20-33(57)59-6)40-53-51-25(5)55(40)43(35)62-38/h7-14,30-31H,15-20H2,1-6H3,(H,46,56)(H,47,58)/t30-,31-/m1/s1. The Hall–Kier alpha value is -5.59. The van der Waals surface area contributed by atoms with Gasteiger partial charge in [0, 0.05) is 50.3 Å². The zero-order chi connectivity index (χ0) is 43.8. The SMILES string of the molecule is COC(=O)C[C@H]1N=C(c2ccc(Cl)cc2)c2c(sc(C(=O)NCCOCCNC(=O)C[C@H]3N=C(c4ccc(Cl)cc4)c4c(sc(C)c4C)-n4c(C)nnc43)c2C)-n2c(C)nnc21. The lowest BCUT2D eigenvalue weighted by molar-refractivity contribution is -0.141. The molecule has 0 aliphatic carbocycles. The number of carbonyl (C=O) groups is 3. The molecule has 0 spiro atoms. The number of amides is 2. The van der Waals surface area contributed by atoms with Gasteiger partial charge < -0.3 is 20.1 Å². The van der Waals surface area contributed by atoms with Gasteiger partial charge in [-0.15, -0.1) is 43.1 Å². The molecule has 2 N–H and O–H groups in total. The molecular formula is C43H42Cl2N10O5S2. The molecule has 0 unspecified atom stereocenters. The fraction of sp³-hybridized carbons (Fsp3) is 0.326. The van der Waals surface area contributed by atoms with Crippen LogP contribution in [0.4, 0.5) is 0 Å². The first kappa shape index (κ1) is 43.1. The molecule has 2 amide bonds. The maximum Gasteiger partial charge on any atom is 0.308 e. The molecule has 0 bridgehead atoms. The van der Waals surface area contributed by atoms with E-state index < -0.39 is 18.1 Å². The molecule has 2 aliphatic rings. The van der Waals surface area contributed by atoms with Crippen LogP contribution in [0.2, 0.25) is 10.0 Å². The normalized spacial score (nSPS) is 15.3. The number of ether oxygens (including phenoxy) is 2. The van der Waals surface area contributed by atoms with E-state index in [9.17, 15) is 14.4 Å². The van der Waals surface area contributed by atoms with Crippen LogP contribution in [0.5, 0.6) is 0 Å². The smallest absolute Gasteiger partial charge is 0.308 e. The molecule has 2 aromatic carbocycles. The Morgan fingerprint density at radius 2 is 1.18 bits per heavy atom. The fourth-order valence-corrected chi connectivity index (χ4v) is 10.3. The van der Waals surface area contributed by atoms with Crippen LogP contribution in [0, 0.1) is 34.6 Å². The maximum absolute atomic E-state index is 13.7. The first-order chi connectivity index (χ1) is 29.8. The summed E-state index contributed by atoms with van der Waals surface area (Å²) in [4.78, 5) is 51.5. The highest BCUT2D eigenvalue weighted by molar-refractivity contribution is 7.17. The molecule has 0 radical (unpaired) electrons. The predicted molar refractivity (Wildman–Crippen MR) is 239 cm³/mol. The number of methoxy groups -OCH3 is 1. The van der Waals surface area contributed by atoms with E-state index in [1.165, 1.54) is 18.4 Å². The van der Waals surface area contributed by atoms with Crippen molar-refractivity contribution in [1.29, 1.82) is 0 Å². The largest absolute Gasteiger partial charge is 0.469 e. The van der Waals surface area contributed by atoms with Crippen LogP contribution in [0.1, 0.15) is 96.2 Å². The third kappa shape index (κ3) is 8.34. The zero-order valence-electron chi connectivity index (χ0n) is 34.7. The summed E-state index contributed by atoms with van der Waals surface area (Å²) in [5, 5.41) is 26.4. The number of hydrogen-bond donors (Lipinski definition) is 2. The Labute approximate surface area is 375 Å². The summed E-state index contributed by atoms with van der Waals surface area (Å²) in [5.74, 6) is 1.43. The molecule has 62 heavy (non-hydrogen) atoms. The number of hydrogen-bond acceptors (Lipinski definition) is 13. The van der Waals surface area contributed by atoms with Crippen LogP contribution in [-0.2, 0) is 19.1 Å². The number of esters is 1. The van der Waals surface area contributed by atoms with Crippen molar-refractivity contribution in [3.8, 4) is 10.0 Å². The van der Waals surface area contributed by atoms with E-state index in [1.54, 1.807) is 23.5 Å². The molecule has 2 aliphatic heterocycles. The summed E-state index contributed by atoms with van der Waals surface area (Å²) in [5.41, 5.74) is 6.59. The van der Waals surface area contributed by atoms with E-state index in [2.05, 4.69) is 44.9 Å². The highest BCUT2D eigenvalue weighted by Crippen LogP contribution is 2.41. The van der Waals surface area contributed by atoms with Crippen molar-refractivity contribution < 1.29 is 23.9 Å². The quantitative estimate of drug-likeness (QED) is 0.0902. The predicted octanol–water partition coefficient (Wildman–Crippen LogP) is 7.12. The van der Waals surface area contributed by atoms with Crippen LogP contribution < -0.4 is 10.6 Å². The van der Waals surface area contributed by atoms with Crippen molar-refractivity contribution >= 4 is 75.1 Å². The molecule has 0 fully saturated rings. The Morgan fingerprint density at radius 3 is 1.73 bits per heavy atom. The minimum absolute atomic E-state index is 0.0442. The topological polar surface area (TPSA) is 180 Å². The maximum atomic E-state index is 13.7. The number of aromatic nitrogens is 6. The summed E-state index contributed by atoms with van der Waals surface area (Å²) in [7, 11) is 1.33. The van der Waals surface area contributed by atoms with Crippen LogP contribution in [0.15, 0.2) is 58.5 Å². The Morgan fingerprint density at radius 1 is 0.677 bits per heavy atom. The number of aliphatic imine (C=N–C) groups is 2. The number of aryl methyl sites for hydroxylation is 3. The first-order valence-electron chi connectivity index (χ1n) is 19.8. The second kappa shape index (κ2) is 18.0. The van der Waals surface area contributed by atoms with Crippen LogP contribution in [-0.4, -0.2) is 92.1 Å². The lowest BCUT2D eigenvalue weighted by atomic mass is 9.99. The van der Waals surface area contributed by atoms with E-state index >= 15 is 0 Å². The summed E-state index contributed by atoms with van der Waals surface area (Å²) >= 11 is 15.4. The number of nitrogens with one attached hydrogen (secondary N) is 2. The van der Waals surface area contributed by atoms with Gasteiger partial charge in [-0.1, -0.05) is 47.5 Å². The molecule has 0 saturated carbocycles. The number of halogens is 2. The van der Waals surface area contributed by atoms with Gasteiger partial charge in [0.25, 0.3) is 5.91 Å². The lowest BCUT2D eigenvalue weighted by Crippen LogP contribution is -2.31. The molecule has 4 aromatic heterocycles. The summed E-state index contributed by atoms with van der Waals surface area (Å²) < 4.78 is 14.7. The summed E-state index contributed by atoms with van der Waals surface area (Å²) in [6.07, 6.45) is 0.00634. The molecule has 320 valence electrons. The van der Waals surface area contributed by atoms with Crippen LogP contribution in [0.3, 0.4) is 0 Å². The number of rotatable bonds is 13. The number of fused-ring (bicyclic) bond motifs is 6. The minimum Gasteiger partial charge on any atom is -0.469 e. The highest BCUT2D eigenvalue weighted by Gasteiger charge is 2.35. The van der Waals surface area contributed by atoms with Gasteiger partial charge in [-0.25, -0.2) is 0 Å². The van der Waals surface area contributed by atoms with E-state index in [-0.39, 0.29) is 51.0 Å². The van der Waals surface area contributed by atoms with Gasteiger partial charge in [-0.05, 0) is 70.0 Å². The fourth-order valence-electron chi connectivity index (χ4n) is 7.54. The first-order valence-corrected chi connectivity index (χ1v) is 22.2. The van der Waals surface area contributed by atoms with E-state index in [4.69, 9.17) is 42.7 Å². The minimum atomic E-state index is -0.680. The second-order valence-electron chi connectivity index (χ2n) is 14.8. The van der Waals surface area contributed by atoms with Gasteiger partial charge in [-0.2, -0.15) is 0 Å². The molecule has 2 atom stereocenters. The van der Waals surface area contributed by atoms with Gasteiger partial charge in [0.1, 0.15) is 33.7 Å². The third-order valence-corrected chi connectivity index (χ3v) is 13.7.